The Morgan fingerprint density at radius 3 is 2.36 bits per heavy atom. The average Bonchev–Trinajstić information content (AvgIpc) is 3.02. The van der Waals surface area contributed by atoms with E-state index in [1.165, 1.54) is 30.3 Å². The van der Waals surface area contributed by atoms with Crippen molar-refractivity contribution in [2.75, 3.05) is 35.3 Å². The summed E-state index contributed by atoms with van der Waals surface area (Å²) in [6.45, 7) is 3.12. The Labute approximate surface area is 252 Å². The van der Waals surface area contributed by atoms with Gasteiger partial charge in [-0.3, -0.25) is 4.79 Å². The maximum absolute atomic E-state index is 15.1. The van der Waals surface area contributed by atoms with E-state index in [1.54, 1.807) is 18.2 Å². The minimum absolute atomic E-state index is 0.00360. The summed E-state index contributed by atoms with van der Waals surface area (Å²) in [7, 11) is 1.91. The summed E-state index contributed by atoms with van der Waals surface area (Å²) < 4.78 is 43.5. The highest BCUT2D eigenvalue weighted by Crippen LogP contribution is 2.40. The Bertz CT molecular complexity index is 1720. The predicted molar refractivity (Wildman–Crippen MR) is 162 cm³/mol. The molecule has 226 valence electrons. The summed E-state index contributed by atoms with van der Waals surface area (Å²) in [5.41, 5.74) is 2.44. The molecule has 6 rings (SSSR count). The van der Waals surface area contributed by atoms with E-state index in [4.69, 9.17) is 9.97 Å². The fourth-order valence-corrected chi connectivity index (χ4v) is 5.54. The van der Waals surface area contributed by atoms with E-state index >= 15 is 8.78 Å². The molecule has 9 nitrogen and oxygen atoms in total. The van der Waals surface area contributed by atoms with E-state index in [0.717, 1.165) is 35.4 Å². The van der Waals surface area contributed by atoms with Crippen molar-refractivity contribution in [2.24, 2.45) is 0 Å². The third-order valence-corrected chi connectivity index (χ3v) is 8.01. The number of aromatic nitrogens is 2. The Morgan fingerprint density at radius 1 is 0.977 bits per heavy atom. The Balaban J connectivity index is 1.49. The molecule has 3 amide bonds. The number of hydrogen-bond donors (Lipinski definition) is 3. The van der Waals surface area contributed by atoms with Crippen molar-refractivity contribution in [3.05, 3.63) is 94.8 Å². The summed E-state index contributed by atoms with van der Waals surface area (Å²) in [4.78, 5) is 39.0. The van der Waals surface area contributed by atoms with Gasteiger partial charge in [0.25, 0.3) is 5.91 Å². The molecule has 3 N–H and O–H groups in total. The molecule has 3 aromatic carbocycles. The first-order valence-electron chi connectivity index (χ1n) is 14.3. The lowest BCUT2D eigenvalue weighted by Gasteiger charge is -2.35. The lowest BCUT2D eigenvalue weighted by Crippen LogP contribution is -2.44. The van der Waals surface area contributed by atoms with Gasteiger partial charge in [-0.25, -0.2) is 27.8 Å². The van der Waals surface area contributed by atoms with Crippen LogP contribution in [0.4, 0.5) is 41.1 Å². The molecule has 0 radical (unpaired) electrons. The molecule has 2 aliphatic heterocycles. The molecule has 44 heavy (non-hydrogen) atoms. The molecule has 4 aromatic rings. The van der Waals surface area contributed by atoms with Gasteiger partial charge in [-0.15, -0.1) is 0 Å². The van der Waals surface area contributed by atoms with E-state index in [-0.39, 0.29) is 12.4 Å². The van der Waals surface area contributed by atoms with Crippen LogP contribution in [-0.2, 0) is 6.54 Å². The largest absolute Gasteiger partial charge is 0.341 e. The minimum atomic E-state index is -0.916. The number of rotatable bonds is 6. The number of fused-ring (bicyclic) bond motifs is 1. The minimum Gasteiger partial charge on any atom is -0.341 e. The number of benzene rings is 3. The number of anilines is 4. The van der Waals surface area contributed by atoms with Crippen LogP contribution >= 0.6 is 0 Å². The standard InChI is InChI=1S/C32H30F3N7O2/c1-18-6-7-19(30(43)38-22-10-8-20(33)9-11-22)16-23(18)27-24-17-37-32(44)42(28-25(34)4-3-5-26(28)35)29(24)40-31(39-27)41-14-12-21(36-2)13-15-41/h3-11,16,21,36H,12-15,17H2,1-2H3,(H,37,44)(H,38,43). The first-order chi connectivity index (χ1) is 21.2. The van der Waals surface area contributed by atoms with Gasteiger partial charge in [0.2, 0.25) is 5.95 Å². The molecule has 0 bridgehead atoms. The quantitative estimate of drug-likeness (QED) is 0.263. The van der Waals surface area contributed by atoms with E-state index in [0.29, 0.717) is 53.2 Å². The van der Waals surface area contributed by atoms with Gasteiger partial charge in [-0.05, 0) is 80.9 Å². The van der Waals surface area contributed by atoms with Crippen LogP contribution in [0.1, 0.15) is 34.3 Å². The lowest BCUT2D eigenvalue weighted by atomic mass is 9.97. The van der Waals surface area contributed by atoms with Gasteiger partial charge in [0.1, 0.15) is 23.1 Å². The molecule has 1 saturated heterocycles. The Hall–Kier alpha value is -4.97. The molecule has 0 unspecified atom stereocenters. The van der Waals surface area contributed by atoms with Crippen LogP contribution in [0.15, 0.2) is 60.7 Å². The van der Waals surface area contributed by atoms with Crippen molar-refractivity contribution in [3.63, 3.8) is 0 Å². The van der Waals surface area contributed by atoms with Crippen LogP contribution in [-0.4, -0.2) is 48.1 Å². The van der Waals surface area contributed by atoms with Crippen molar-refractivity contribution < 1.29 is 22.8 Å². The molecule has 1 fully saturated rings. The number of nitrogens with one attached hydrogen (secondary N) is 3. The Morgan fingerprint density at radius 2 is 1.68 bits per heavy atom. The number of carbonyl (C=O) groups excluding carboxylic acids is 2. The number of aryl methyl sites for hydroxylation is 1. The summed E-state index contributed by atoms with van der Waals surface area (Å²) in [6, 6.07) is 13.5. The highest BCUT2D eigenvalue weighted by molar-refractivity contribution is 6.05. The van der Waals surface area contributed by atoms with Gasteiger partial charge in [0.15, 0.2) is 5.82 Å². The first kappa shape index (κ1) is 29.1. The zero-order valence-corrected chi connectivity index (χ0v) is 24.1. The molecule has 0 atom stereocenters. The number of nitrogens with zero attached hydrogens (tertiary/aromatic N) is 4. The highest BCUT2D eigenvalue weighted by atomic mass is 19.1. The summed E-state index contributed by atoms with van der Waals surface area (Å²) in [6.07, 6.45) is 1.66. The monoisotopic (exact) mass is 601 g/mol. The van der Waals surface area contributed by atoms with Crippen molar-refractivity contribution >= 4 is 35.1 Å². The van der Waals surface area contributed by atoms with Gasteiger partial charge < -0.3 is 20.9 Å². The average molecular weight is 602 g/mol. The maximum atomic E-state index is 15.1. The topological polar surface area (TPSA) is 102 Å². The third kappa shape index (κ3) is 5.55. The zero-order valence-electron chi connectivity index (χ0n) is 24.1. The van der Waals surface area contributed by atoms with Crippen molar-refractivity contribution in [2.45, 2.75) is 32.4 Å². The molecule has 0 aliphatic carbocycles. The maximum Gasteiger partial charge on any atom is 0.328 e. The number of hydrogen-bond acceptors (Lipinski definition) is 6. The Kier molecular flexibility index (Phi) is 7.92. The fraction of sp³-hybridized carbons (Fsp3) is 0.250. The van der Waals surface area contributed by atoms with Crippen LogP contribution in [0.5, 0.6) is 0 Å². The van der Waals surface area contributed by atoms with E-state index in [1.807, 2.05) is 18.9 Å². The summed E-state index contributed by atoms with van der Waals surface area (Å²) in [5, 5.41) is 8.75. The van der Waals surface area contributed by atoms with Crippen LogP contribution in [0.25, 0.3) is 11.3 Å². The van der Waals surface area contributed by atoms with Crippen LogP contribution in [0.3, 0.4) is 0 Å². The predicted octanol–water partition coefficient (Wildman–Crippen LogP) is 5.67. The third-order valence-electron chi connectivity index (χ3n) is 8.01. The van der Waals surface area contributed by atoms with Crippen molar-refractivity contribution in [1.29, 1.82) is 0 Å². The van der Waals surface area contributed by atoms with Gasteiger partial charge in [0.05, 0.1) is 12.2 Å². The molecular weight excluding hydrogens is 571 g/mol. The SMILES string of the molecule is CNC1CCN(c2nc(-c3cc(C(=O)Nc4ccc(F)cc4)ccc3C)c3c(n2)N(c2c(F)cccc2F)C(=O)NC3)CC1. The molecule has 2 aliphatic rings. The van der Waals surface area contributed by atoms with Crippen LogP contribution < -0.4 is 25.8 Å². The van der Waals surface area contributed by atoms with E-state index in [2.05, 4.69) is 16.0 Å². The summed E-state index contributed by atoms with van der Waals surface area (Å²) >= 11 is 0. The number of piperidine rings is 1. The number of para-hydroxylation sites is 1. The van der Waals surface area contributed by atoms with Crippen LogP contribution in [0.2, 0.25) is 0 Å². The summed E-state index contributed by atoms with van der Waals surface area (Å²) in [5.74, 6) is -2.30. The van der Waals surface area contributed by atoms with E-state index < -0.39 is 35.1 Å². The van der Waals surface area contributed by atoms with Crippen molar-refractivity contribution in [1.82, 2.24) is 20.6 Å². The van der Waals surface area contributed by atoms with Gasteiger partial charge in [-0.1, -0.05) is 12.1 Å². The fourth-order valence-electron chi connectivity index (χ4n) is 5.54. The van der Waals surface area contributed by atoms with Gasteiger partial charge >= 0.3 is 6.03 Å². The molecule has 3 heterocycles. The lowest BCUT2D eigenvalue weighted by molar-refractivity contribution is 0.102. The molecular formula is C32H30F3N7O2. The molecule has 1 aromatic heterocycles. The zero-order chi connectivity index (χ0) is 31.0. The smallest absolute Gasteiger partial charge is 0.328 e. The molecule has 0 spiro atoms. The first-order valence-corrected chi connectivity index (χ1v) is 14.3. The second-order valence-corrected chi connectivity index (χ2v) is 10.8. The second kappa shape index (κ2) is 12.0. The number of halogens is 3. The van der Waals surface area contributed by atoms with E-state index in [9.17, 15) is 14.0 Å². The normalized spacial score (nSPS) is 15.2. The highest BCUT2D eigenvalue weighted by Gasteiger charge is 2.35. The number of carbonyl (C=O) groups is 2. The second-order valence-electron chi connectivity index (χ2n) is 10.8. The van der Waals surface area contributed by atoms with Gasteiger partial charge in [0, 0.05) is 41.5 Å². The molecule has 12 heteroatoms. The molecule has 0 saturated carbocycles. The number of amides is 3. The van der Waals surface area contributed by atoms with Crippen molar-refractivity contribution in [3.8, 4) is 11.3 Å². The number of urea groups is 1. The van der Waals surface area contributed by atoms with Crippen LogP contribution in [0, 0.1) is 24.4 Å². The van der Waals surface area contributed by atoms with Gasteiger partial charge in [-0.2, -0.15) is 4.98 Å².